The van der Waals surface area contributed by atoms with Gasteiger partial charge in [0.1, 0.15) is 0 Å². The van der Waals surface area contributed by atoms with Crippen molar-refractivity contribution in [1.82, 2.24) is 0 Å². The molecule has 0 heterocycles. The van der Waals surface area contributed by atoms with Gasteiger partial charge in [-0.3, -0.25) is 0 Å². The van der Waals surface area contributed by atoms with E-state index in [1.165, 1.54) is 6.40 Å². The Kier molecular flexibility index (Phi) is 4.04. The van der Waals surface area contributed by atoms with Gasteiger partial charge in [0.2, 0.25) is 0 Å². The predicted octanol–water partition coefficient (Wildman–Crippen LogP) is 2.40. The first-order valence-corrected chi connectivity index (χ1v) is 4.64. The van der Waals surface area contributed by atoms with E-state index in [4.69, 9.17) is 10.00 Å². The van der Waals surface area contributed by atoms with Crippen molar-refractivity contribution >= 4 is 6.40 Å². The molecule has 0 aliphatic heterocycles. The molecule has 0 fully saturated rings. The highest BCUT2D eigenvalue weighted by Crippen LogP contribution is 2.24. The van der Waals surface area contributed by atoms with E-state index in [1.54, 1.807) is 0 Å². The fraction of sp³-hybridized carbons (Fsp3) is 0.600. The lowest BCUT2D eigenvalue weighted by Gasteiger charge is -2.11. The van der Waals surface area contributed by atoms with Crippen LogP contribution in [0.4, 0.5) is 0 Å². The van der Waals surface area contributed by atoms with E-state index < -0.39 is 0 Å². The van der Waals surface area contributed by atoms with E-state index in [1.807, 2.05) is 6.92 Å². The van der Waals surface area contributed by atoms with Crippen LogP contribution in [0.5, 0.6) is 0 Å². The van der Waals surface area contributed by atoms with Gasteiger partial charge < -0.3 is 4.74 Å². The number of nitrogens with zero attached hydrogens (tertiary/aromatic N) is 2. The van der Waals surface area contributed by atoms with Gasteiger partial charge >= 0.3 is 0 Å². The Balaban J connectivity index is 2.63. The summed E-state index contributed by atoms with van der Waals surface area (Å²) in [5.41, 5.74) is 1.73. The van der Waals surface area contributed by atoms with Crippen LogP contribution < -0.4 is 0 Å². The lowest BCUT2D eigenvalue weighted by atomic mass is 9.98. The quantitative estimate of drug-likeness (QED) is 0.492. The van der Waals surface area contributed by atoms with Crippen molar-refractivity contribution in [1.29, 1.82) is 5.26 Å². The van der Waals surface area contributed by atoms with E-state index in [0.717, 1.165) is 37.0 Å². The highest BCUT2D eigenvalue weighted by atomic mass is 16.5. The monoisotopic (exact) mass is 178 g/mol. The summed E-state index contributed by atoms with van der Waals surface area (Å²) in [6.45, 7) is 2.53. The molecule has 3 heteroatoms. The summed E-state index contributed by atoms with van der Waals surface area (Å²) in [5, 5.41) is 8.80. The van der Waals surface area contributed by atoms with Gasteiger partial charge in [0, 0.05) is 0 Å². The first-order valence-electron chi connectivity index (χ1n) is 4.64. The van der Waals surface area contributed by atoms with Gasteiger partial charge in [0.25, 0.3) is 0 Å². The molecule has 0 unspecified atom stereocenters. The van der Waals surface area contributed by atoms with Gasteiger partial charge in [-0.25, -0.2) is 4.99 Å². The van der Waals surface area contributed by atoms with Crippen LogP contribution in [0.3, 0.4) is 0 Å². The number of allylic oxidation sites excluding steroid dienone is 2. The Bertz CT molecular complexity index is 261. The molecule has 0 radical (unpaired) electrons. The summed E-state index contributed by atoms with van der Waals surface area (Å²) >= 11 is 0. The molecule has 0 saturated carbocycles. The van der Waals surface area contributed by atoms with Crippen LogP contribution >= 0.6 is 0 Å². The molecule has 0 aromatic carbocycles. The lowest BCUT2D eigenvalue weighted by Crippen LogP contribution is -1.97. The zero-order valence-corrected chi connectivity index (χ0v) is 7.92. The molecule has 0 atom stereocenters. The second-order valence-electron chi connectivity index (χ2n) is 2.93. The van der Waals surface area contributed by atoms with E-state index in [-0.39, 0.29) is 0 Å². The highest BCUT2D eigenvalue weighted by Gasteiger charge is 2.10. The minimum atomic E-state index is 0.624. The van der Waals surface area contributed by atoms with Gasteiger partial charge in [-0.1, -0.05) is 0 Å². The molecule has 0 saturated heterocycles. The van der Waals surface area contributed by atoms with Gasteiger partial charge in [-0.15, -0.1) is 0 Å². The van der Waals surface area contributed by atoms with Crippen molar-refractivity contribution < 1.29 is 4.74 Å². The summed E-state index contributed by atoms with van der Waals surface area (Å²) in [7, 11) is 0. The summed E-state index contributed by atoms with van der Waals surface area (Å²) in [5.74, 6) is 0. The van der Waals surface area contributed by atoms with Gasteiger partial charge in [-0.2, -0.15) is 5.26 Å². The minimum Gasteiger partial charge on any atom is -0.483 e. The summed E-state index contributed by atoms with van der Waals surface area (Å²) in [6.07, 6.45) is 5.46. The third kappa shape index (κ3) is 2.90. The molecule has 0 N–H and O–H groups in total. The molecule has 0 spiro atoms. The minimum absolute atomic E-state index is 0.624. The van der Waals surface area contributed by atoms with Gasteiger partial charge in [-0.05, 0) is 32.6 Å². The summed E-state index contributed by atoms with van der Waals surface area (Å²) < 4.78 is 4.99. The third-order valence-corrected chi connectivity index (χ3v) is 2.02. The number of hydrogen-bond acceptors (Lipinski definition) is 3. The van der Waals surface area contributed by atoms with Crippen molar-refractivity contribution in [2.75, 3.05) is 6.61 Å². The zero-order chi connectivity index (χ0) is 9.52. The summed E-state index contributed by atoms with van der Waals surface area (Å²) in [6, 6.07) is 2.19. The van der Waals surface area contributed by atoms with E-state index >= 15 is 0 Å². The average molecular weight is 178 g/mol. The maximum atomic E-state index is 8.80. The Morgan fingerprint density at radius 1 is 1.54 bits per heavy atom. The average Bonchev–Trinajstić information content (AvgIpc) is 2.19. The van der Waals surface area contributed by atoms with E-state index in [9.17, 15) is 0 Å². The van der Waals surface area contributed by atoms with E-state index in [2.05, 4.69) is 11.1 Å². The highest BCUT2D eigenvalue weighted by molar-refractivity contribution is 5.50. The maximum absolute atomic E-state index is 8.80. The second-order valence-corrected chi connectivity index (χ2v) is 2.93. The fourth-order valence-corrected chi connectivity index (χ4v) is 1.33. The lowest BCUT2D eigenvalue weighted by molar-refractivity contribution is 0.343. The van der Waals surface area contributed by atoms with Crippen LogP contribution in [0.1, 0.15) is 32.6 Å². The smallest absolute Gasteiger partial charge is 0.174 e. The summed E-state index contributed by atoms with van der Waals surface area (Å²) in [4.78, 5) is 4.14. The Hall–Kier alpha value is -1.30. The molecule has 3 nitrogen and oxygen atoms in total. The molecule has 0 aromatic heterocycles. The Morgan fingerprint density at radius 3 is 3.00 bits per heavy atom. The molecule has 1 aliphatic carbocycles. The number of nitriles is 1. The first-order chi connectivity index (χ1) is 6.38. The van der Waals surface area contributed by atoms with Crippen molar-refractivity contribution in [3.05, 3.63) is 11.3 Å². The van der Waals surface area contributed by atoms with E-state index in [0.29, 0.717) is 6.61 Å². The van der Waals surface area contributed by atoms with Crippen molar-refractivity contribution in [2.45, 2.75) is 32.6 Å². The normalized spacial score (nSPS) is 17.5. The second kappa shape index (κ2) is 5.36. The zero-order valence-electron chi connectivity index (χ0n) is 7.92. The van der Waals surface area contributed by atoms with Crippen LogP contribution in [0.15, 0.2) is 16.3 Å². The SMILES string of the molecule is CCOC=NC1=C(C#N)CCCC1. The molecule has 0 aromatic rings. The molecular weight excluding hydrogens is 164 g/mol. The topological polar surface area (TPSA) is 45.4 Å². The molecule has 70 valence electrons. The number of rotatable bonds is 3. The van der Waals surface area contributed by atoms with Crippen LogP contribution in [-0.4, -0.2) is 13.0 Å². The Morgan fingerprint density at radius 2 is 2.31 bits per heavy atom. The number of hydrogen-bond donors (Lipinski definition) is 0. The predicted molar refractivity (Wildman–Crippen MR) is 51.2 cm³/mol. The number of ether oxygens (including phenoxy) is 1. The molecule has 13 heavy (non-hydrogen) atoms. The maximum Gasteiger partial charge on any atom is 0.174 e. The largest absolute Gasteiger partial charge is 0.483 e. The van der Waals surface area contributed by atoms with Crippen molar-refractivity contribution in [3.8, 4) is 6.07 Å². The van der Waals surface area contributed by atoms with Crippen molar-refractivity contribution in [2.24, 2.45) is 4.99 Å². The fourth-order valence-electron chi connectivity index (χ4n) is 1.33. The first kappa shape index (κ1) is 9.79. The molecule has 1 rings (SSSR count). The van der Waals surface area contributed by atoms with Crippen molar-refractivity contribution in [3.63, 3.8) is 0 Å². The molecule has 0 amide bonds. The standard InChI is InChI=1S/C10H14N2O/c1-2-13-8-12-10-6-4-3-5-9(10)7-11/h8H,2-6H2,1H3. The molecular formula is C10H14N2O. The van der Waals surface area contributed by atoms with Crippen LogP contribution in [0.2, 0.25) is 0 Å². The van der Waals surface area contributed by atoms with Gasteiger partial charge in [0.15, 0.2) is 6.40 Å². The Labute approximate surface area is 78.7 Å². The van der Waals surface area contributed by atoms with Gasteiger partial charge in [0.05, 0.1) is 23.9 Å². The molecule has 0 bridgehead atoms. The van der Waals surface area contributed by atoms with Crippen LogP contribution in [0.25, 0.3) is 0 Å². The number of aliphatic imine (C=N–C) groups is 1. The van der Waals surface area contributed by atoms with Crippen LogP contribution in [-0.2, 0) is 4.74 Å². The molecule has 1 aliphatic rings. The van der Waals surface area contributed by atoms with Crippen LogP contribution in [0, 0.1) is 11.3 Å². The third-order valence-electron chi connectivity index (χ3n) is 2.02.